The summed E-state index contributed by atoms with van der Waals surface area (Å²) in [6.07, 6.45) is 16.9. The number of allylic oxidation sites excluding steroid dienone is 6. The molecule has 4 aliphatic rings. The highest BCUT2D eigenvalue weighted by Gasteiger charge is 2.32. The fourth-order valence-corrected chi connectivity index (χ4v) is 9.32. The fraction of sp³-hybridized carbons (Fsp3) is 0.111. The minimum absolute atomic E-state index is 0.0322. The van der Waals surface area contributed by atoms with Crippen LogP contribution in [0.5, 0.6) is 0 Å². The van der Waals surface area contributed by atoms with E-state index in [0.29, 0.717) is 5.92 Å². The maximum atomic E-state index is 3.95. The average Bonchev–Trinajstić information content (AvgIpc) is 3.31. The molecule has 0 saturated carbocycles. The second kappa shape index (κ2) is 14.7. The molecular weight excluding hydrogens is 705 g/mol. The van der Waals surface area contributed by atoms with Crippen LogP contribution >= 0.6 is 0 Å². The van der Waals surface area contributed by atoms with Crippen molar-refractivity contribution in [1.82, 2.24) is 16.0 Å². The summed E-state index contributed by atoms with van der Waals surface area (Å²) >= 11 is 0. The molecule has 5 atom stereocenters. The topological polar surface area (TPSA) is 48.1 Å². The van der Waals surface area contributed by atoms with Crippen LogP contribution in [0.4, 0.5) is 5.69 Å². The molecule has 1 saturated heterocycles. The Bertz CT molecular complexity index is 2830. The van der Waals surface area contributed by atoms with Gasteiger partial charge in [0.05, 0.1) is 24.5 Å². The van der Waals surface area contributed by atoms with Crippen LogP contribution in [0.3, 0.4) is 0 Å². The Balaban J connectivity index is 0.963. The summed E-state index contributed by atoms with van der Waals surface area (Å²) in [4.78, 5) is 0. The first kappa shape index (κ1) is 34.7. The van der Waals surface area contributed by atoms with Crippen LogP contribution in [0.2, 0.25) is 0 Å². The summed E-state index contributed by atoms with van der Waals surface area (Å²) in [6, 6.07) is 57.5. The highest BCUT2D eigenvalue weighted by atomic mass is 15.4. The van der Waals surface area contributed by atoms with Crippen molar-refractivity contribution in [3.63, 3.8) is 0 Å². The van der Waals surface area contributed by atoms with E-state index >= 15 is 0 Å². The van der Waals surface area contributed by atoms with Crippen LogP contribution in [-0.2, 0) is 0 Å². The van der Waals surface area contributed by atoms with Gasteiger partial charge >= 0.3 is 0 Å². The molecule has 0 bridgehead atoms. The molecule has 4 nitrogen and oxygen atoms in total. The summed E-state index contributed by atoms with van der Waals surface area (Å²) in [5, 5.41) is 20.7. The molecule has 2 aliphatic heterocycles. The summed E-state index contributed by atoms with van der Waals surface area (Å²) in [7, 11) is 0. The lowest BCUT2D eigenvalue weighted by Gasteiger charge is -2.41. The third kappa shape index (κ3) is 6.42. The molecule has 1 fully saturated rings. The van der Waals surface area contributed by atoms with E-state index in [1.165, 1.54) is 77.2 Å². The largest absolute Gasteiger partial charge is 0.374 e. The van der Waals surface area contributed by atoms with E-state index in [4.69, 9.17) is 0 Å². The van der Waals surface area contributed by atoms with Gasteiger partial charge in [-0.05, 0) is 96.3 Å². The van der Waals surface area contributed by atoms with E-state index in [2.05, 4.69) is 222 Å². The van der Waals surface area contributed by atoms with Crippen LogP contribution < -0.4 is 21.3 Å². The lowest BCUT2D eigenvalue weighted by atomic mass is 9.84. The quantitative estimate of drug-likeness (QED) is 0.137. The predicted molar refractivity (Wildman–Crippen MR) is 241 cm³/mol. The van der Waals surface area contributed by atoms with Gasteiger partial charge in [-0.2, -0.15) is 0 Å². The van der Waals surface area contributed by atoms with Crippen molar-refractivity contribution in [3.8, 4) is 11.1 Å². The highest BCUT2D eigenvalue weighted by Crippen LogP contribution is 2.46. The van der Waals surface area contributed by atoms with Crippen LogP contribution in [0.1, 0.15) is 52.6 Å². The Morgan fingerprint density at radius 2 is 1.19 bits per heavy atom. The maximum absolute atomic E-state index is 3.95. The Morgan fingerprint density at radius 1 is 0.500 bits per heavy atom. The van der Waals surface area contributed by atoms with Gasteiger partial charge in [-0.1, -0.05) is 182 Å². The third-order valence-electron chi connectivity index (χ3n) is 12.3. The summed E-state index contributed by atoms with van der Waals surface area (Å²) < 4.78 is 0. The molecule has 7 aromatic rings. The minimum atomic E-state index is -0.0808. The molecular formula is C54H44N4. The van der Waals surface area contributed by atoms with Gasteiger partial charge in [-0.15, -0.1) is 0 Å². The molecule has 0 radical (unpaired) electrons. The summed E-state index contributed by atoms with van der Waals surface area (Å²) in [5.74, 6) is 0.454. The molecule has 0 amide bonds. The van der Waals surface area contributed by atoms with Crippen molar-refractivity contribution in [2.45, 2.75) is 31.0 Å². The SMILES string of the molecule is C1=CC2=CC(C3NC(c4ccc(-c5cc6c(c7ccccc57)C(c5ccccc5)=CC(c5ccccc5)N6)cc4)NC(c4ccc5ccccc5c4)N3)=CCC2C=C1. The van der Waals surface area contributed by atoms with Crippen molar-refractivity contribution >= 4 is 32.8 Å². The first-order valence-electron chi connectivity index (χ1n) is 20.5. The lowest BCUT2D eigenvalue weighted by Crippen LogP contribution is -2.59. The van der Waals surface area contributed by atoms with Gasteiger partial charge in [0.1, 0.15) is 0 Å². The molecule has 2 heterocycles. The maximum Gasteiger partial charge on any atom is 0.0864 e. The minimum Gasteiger partial charge on any atom is -0.374 e. The average molecular weight is 749 g/mol. The van der Waals surface area contributed by atoms with Gasteiger partial charge < -0.3 is 5.32 Å². The predicted octanol–water partition coefficient (Wildman–Crippen LogP) is 12.1. The van der Waals surface area contributed by atoms with E-state index in [-0.39, 0.29) is 24.5 Å². The van der Waals surface area contributed by atoms with E-state index in [0.717, 1.165) is 12.1 Å². The van der Waals surface area contributed by atoms with Crippen LogP contribution in [0.25, 0.3) is 38.2 Å². The van der Waals surface area contributed by atoms with Gasteiger partial charge in [-0.25, -0.2) is 0 Å². The molecule has 4 heteroatoms. The molecule has 0 aromatic heterocycles. The molecule has 4 N–H and O–H groups in total. The molecule has 2 aliphatic carbocycles. The van der Waals surface area contributed by atoms with Gasteiger partial charge in [0.15, 0.2) is 0 Å². The zero-order chi connectivity index (χ0) is 38.4. The Hall–Kier alpha value is -6.56. The van der Waals surface area contributed by atoms with Crippen molar-refractivity contribution in [1.29, 1.82) is 0 Å². The fourth-order valence-electron chi connectivity index (χ4n) is 9.32. The Morgan fingerprint density at radius 3 is 2.02 bits per heavy atom. The molecule has 11 rings (SSSR count). The van der Waals surface area contributed by atoms with Crippen molar-refractivity contribution in [2.24, 2.45) is 5.92 Å². The van der Waals surface area contributed by atoms with Crippen molar-refractivity contribution in [2.75, 3.05) is 5.32 Å². The normalized spacial score (nSPS) is 22.3. The van der Waals surface area contributed by atoms with Crippen molar-refractivity contribution < 1.29 is 0 Å². The molecule has 0 spiro atoms. The first-order valence-corrected chi connectivity index (χ1v) is 20.5. The Kier molecular flexibility index (Phi) is 8.81. The Labute approximate surface area is 340 Å². The molecule has 5 unspecified atom stereocenters. The van der Waals surface area contributed by atoms with Crippen molar-refractivity contribution in [3.05, 3.63) is 239 Å². The number of fused-ring (bicyclic) bond motifs is 5. The first-order chi connectivity index (χ1) is 28.7. The number of nitrogens with one attached hydrogen (secondary N) is 4. The second-order valence-corrected chi connectivity index (χ2v) is 15.8. The summed E-state index contributed by atoms with van der Waals surface area (Å²) in [5.41, 5.74) is 13.6. The number of anilines is 1. The zero-order valence-corrected chi connectivity index (χ0v) is 32.1. The molecule has 7 aromatic carbocycles. The number of benzene rings is 7. The lowest BCUT2D eigenvalue weighted by molar-refractivity contribution is 0.223. The van der Waals surface area contributed by atoms with Gasteiger partial charge in [-0.3, -0.25) is 16.0 Å². The van der Waals surface area contributed by atoms with Gasteiger partial charge in [0, 0.05) is 17.2 Å². The van der Waals surface area contributed by atoms with E-state index in [1.54, 1.807) is 0 Å². The zero-order valence-electron chi connectivity index (χ0n) is 32.1. The number of hydrogen-bond donors (Lipinski definition) is 4. The van der Waals surface area contributed by atoms with Crippen LogP contribution in [-0.4, -0.2) is 6.17 Å². The molecule has 280 valence electrons. The summed E-state index contributed by atoms with van der Waals surface area (Å²) in [6.45, 7) is 0. The van der Waals surface area contributed by atoms with Crippen LogP contribution in [0, 0.1) is 5.92 Å². The second-order valence-electron chi connectivity index (χ2n) is 15.8. The van der Waals surface area contributed by atoms with E-state index in [9.17, 15) is 0 Å². The number of hydrogen-bond acceptors (Lipinski definition) is 4. The number of rotatable bonds is 6. The third-order valence-corrected chi connectivity index (χ3v) is 12.3. The van der Waals surface area contributed by atoms with Gasteiger partial charge in [0.25, 0.3) is 0 Å². The monoisotopic (exact) mass is 748 g/mol. The smallest absolute Gasteiger partial charge is 0.0864 e. The molecule has 58 heavy (non-hydrogen) atoms. The standard InChI is InChI=1S/C54H44N4/c1-3-15-37(16-4-1)48-34-49(39-17-5-2-6-18-39)55-50-33-47(45-21-11-12-22-46(45)51(48)50)38-25-27-40(28-26-38)52-56-53(43-29-23-35-13-7-9-19-41(35)31-43)58-54(57-52)44-30-24-36-14-8-10-20-42(36)32-44/h1-23,25-34,36,49,52-58H,24H2. The van der Waals surface area contributed by atoms with Crippen LogP contribution in [0.15, 0.2) is 211 Å². The van der Waals surface area contributed by atoms with E-state index < -0.39 is 0 Å². The van der Waals surface area contributed by atoms with E-state index in [1.807, 2.05) is 0 Å². The van der Waals surface area contributed by atoms with Gasteiger partial charge in [0.2, 0.25) is 0 Å². The highest BCUT2D eigenvalue weighted by molar-refractivity contribution is 6.10.